The van der Waals surface area contributed by atoms with Crippen LogP contribution in [-0.2, 0) is 9.47 Å². The van der Waals surface area contributed by atoms with Crippen molar-refractivity contribution in [3.8, 4) is 0 Å². The van der Waals surface area contributed by atoms with Gasteiger partial charge in [0.15, 0.2) is 0 Å². The largest absolute Gasteiger partial charge is 0.358 e. The van der Waals surface area contributed by atoms with Gasteiger partial charge >= 0.3 is 0 Å². The average Bonchev–Trinajstić information content (AvgIpc) is 3.24. The van der Waals surface area contributed by atoms with Crippen molar-refractivity contribution in [2.24, 2.45) is 5.41 Å². The van der Waals surface area contributed by atoms with Gasteiger partial charge in [0, 0.05) is 17.3 Å². The highest BCUT2D eigenvalue weighted by Gasteiger charge is 2.44. The molecule has 2 saturated heterocycles. The lowest BCUT2D eigenvalue weighted by molar-refractivity contribution is 0.396. The van der Waals surface area contributed by atoms with Gasteiger partial charge in [0.2, 0.25) is 0 Å². The quantitative estimate of drug-likeness (QED) is 0.605. The van der Waals surface area contributed by atoms with Crippen LogP contribution >= 0.6 is 35.3 Å². The minimum atomic E-state index is 0.114. The second kappa shape index (κ2) is 5.76. The standard InChI is InChI=1S/C13H24O2S3/c1-5-16-8-11(2,9-17-12(3)6-14-12)10-18-13(4)7-15-13/h5-10H2,1-4H3. The minimum Gasteiger partial charge on any atom is -0.358 e. The molecule has 0 aromatic heterocycles. The van der Waals surface area contributed by atoms with Crippen LogP contribution in [0, 0.1) is 5.41 Å². The lowest BCUT2D eigenvalue weighted by atomic mass is 9.99. The molecule has 0 amide bonds. The first-order valence-electron chi connectivity index (χ1n) is 6.52. The van der Waals surface area contributed by atoms with Crippen molar-refractivity contribution >= 4 is 35.3 Å². The van der Waals surface area contributed by atoms with Gasteiger partial charge in [-0.15, -0.1) is 23.5 Å². The third-order valence-corrected chi connectivity index (χ3v) is 7.89. The smallest absolute Gasteiger partial charge is 0.134 e. The van der Waals surface area contributed by atoms with E-state index < -0.39 is 0 Å². The average molecular weight is 309 g/mol. The number of ether oxygens (including phenoxy) is 2. The van der Waals surface area contributed by atoms with Gasteiger partial charge in [0.05, 0.1) is 13.2 Å². The Morgan fingerprint density at radius 2 is 1.44 bits per heavy atom. The van der Waals surface area contributed by atoms with Crippen molar-refractivity contribution in [3.05, 3.63) is 0 Å². The lowest BCUT2D eigenvalue weighted by Crippen LogP contribution is -2.28. The van der Waals surface area contributed by atoms with Crippen molar-refractivity contribution in [1.29, 1.82) is 0 Å². The molecule has 2 rings (SSSR count). The maximum atomic E-state index is 5.48. The number of epoxide rings is 2. The number of hydrogen-bond acceptors (Lipinski definition) is 5. The molecule has 0 bridgehead atoms. The van der Waals surface area contributed by atoms with E-state index >= 15 is 0 Å². The summed E-state index contributed by atoms with van der Waals surface area (Å²) in [7, 11) is 0. The molecule has 0 aliphatic carbocycles. The van der Waals surface area contributed by atoms with Crippen molar-refractivity contribution in [2.75, 3.05) is 36.2 Å². The number of thioether (sulfide) groups is 3. The van der Waals surface area contributed by atoms with E-state index in [0.717, 1.165) is 13.2 Å². The molecule has 0 spiro atoms. The van der Waals surface area contributed by atoms with E-state index in [1.807, 2.05) is 35.3 Å². The van der Waals surface area contributed by atoms with Gasteiger partial charge in [-0.2, -0.15) is 11.8 Å². The maximum Gasteiger partial charge on any atom is 0.134 e. The molecule has 0 N–H and O–H groups in total. The molecular weight excluding hydrogens is 284 g/mol. The first kappa shape index (κ1) is 15.4. The zero-order valence-corrected chi connectivity index (χ0v) is 14.2. The molecule has 2 fully saturated rings. The summed E-state index contributed by atoms with van der Waals surface area (Å²) in [6.45, 7) is 10.9. The zero-order valence-electron chi connectivity index (χ0n) is 11.8. The molecule has 5 heteroatoms. The Labute approximate surface area is 124 Å². The van der Waals surface area contributed by atoms with E-state index in [9.17, 15) is 0 Å². The van der Waals surface area contributed by atoms with E-state index in [-0.39, 0.29) is 9.87 Å². The Bertz CT molecular complexity index is 266. The van der Waals surface area contributed by atoms with E-state index in [0.29, 0.717) is 5.41 Å². The Kier molecular flexibility index (Phi) is 4.92. The van der Waals surface area contributed by atoms with Crippen LogP contribution < -0.4 is 0 Å². The fraction of sp³-hybridized carbons (Fsp3) is 1.00. The monoisotopic (exact) mass is 308 g/mol. The Morgan fingerprint density at radius 1 is 1.00 bits per heavy atom. The summed E-state index contributed by atoms with van der Waals surface area (Å²) in [5.74, 6) is 4.79. The third kappa shape index (κ3) is 4.82. The van der Waals surface area contributed by atoms with Gasteiger partial charge in [-0.1, -0.05) is 13.8 Å². The van der Waals surface area contributed by atoms with Gasteiger partial charge in [-0.25, -0.2) is 0 Å². The Hall–Kier alpha value is 0.970. The maximum absolute atomic E-state index is 5.48. The fourth-order valence-corrected chi connectivity index (χ4v) is 4.95. The molecule has 18 heavy (non-hydrogen) atoms. The van der Waals surface area contributed by atoms with Crippen molar-refractivity contribution in [3.63, 3.8) is 0 Å². The second-order valence-corrected chi connectivity index (χ2v) is 10.0. The summed E-state index contributed by atoms with van der Waals surface area (Å²) in [4.78, 5) is 0.228. The molecule has 2 heterocycles. The van der Waals surface area contributed by atoms with Crippen molar-refractivity contribution in [2.45, 2.75) is 37.6 Å². The van der Waals surface area contributed by atoms with Crippen LogP contribution in [0.2, 0.25) is 0 Å². The van der Waals surface area contributed by atoms with E-state index in [2.05, 4.69) is 27.7 Å². The Balaban J connectivity index is 1.79. The summed E-state index contributed by atoms with van der Waals surface area (Å²) in [5.41, 5.74) is 0.375. The molecule has 2 aliphatic heterocycles. The summed E-state index contributed by atoms with van der Waals surface area (Å²) in [6, 6.07) is 0. The first-order valence-corrected chi connectivity index (χ1v) is 9.65. The minimum absolute atomic E-state index is 0.114. The van der Waals surface area contributed by atoms with Gasteiger partial charge in [0.1, 0.15) is 9.87 Å². The molecule has 106 valence electrons. The summed E-state index contributed by atoms with van der Waals surface area (Å²) >= 11 is 6.02. The topological polar surface area (TPSA) is 25.1 Å². The van der Waals surface area contributed by atoms with Crippen LogP contribution in [0.4, 0.5) is 0 Å². The van der Waals surface area contributed by atoms with Gasteiger partial charge in [-0.3, -0.25) is 0 Å². The molecule has 2 atom stereocenters. The molecule has 0 aromatic rings. The van der Waals surface area contributed by atoms with E-state index in [1.54, 1.807) is 0 Å². The molecule has 0 radical (unpaired) electrons. The highest BCUT2D eigenvalue weighted by Crippen LogP contribution is 2.46. The van der Waals surface area contributed by atoms with E-state index in [4.69, 9.17) is 9.47 Å². The summed E-state index contributed by atoms with van der Waals surface area (Å²) < 4.78 is 11.0. The zero-order chi connectivity index (χ0) is 13.3. The molecule has 2 unspecified atom stereocenters. The number of rotatable bonds is 9. The third-order valence-electron chi connectivity index (χ3n) is 3.21. The lowest BCUT2D eigenvalue weighted by Gasteiger charge is -2.30. The van der Waals surface area contributed by atoms with Crippen LogP contribution in [0.15, 0.2) is 0 Å². The van der Waals surface area contributed by atoms with Crippen LogP contribution in [0.3, 0.4) is 0 Å². The van der Waals surface area contributed by atoms with Crippen LogP contribution in [0.5, 0.6) is 0 Å². The Morgan fingerprint density at radius 3 is 1.78 bits per heavy atom. The predicted octanol–water partition coefficient (Wildman–Crippen LogP) is 3.71. The molecule has 0 aromatic carbocycles. The molecule has 2 aliphatic rings. The fourth-order valence-electron chi connectivity index (χ4n) is 1.50. The molecular formula is C13H24O2S3. The SMILES string of the molecule is CCSCC(C)(CSC1(C)CO1)CSC1(C)CO1. The summed E-state index contributed by atoms with van der Waals surface area (Å²) in [5, 5.41) is 0. The van der Waals surface area contributed by atoms with Gasteiger partial charge < -0.3 is 9.47 Å². The molecule has 0 saturated carbocycles. The van der Waals surface area contributed by atoms with Crippen molar-refractivity contribution in [1.82, 2.24) is 0 Å². The normalized spacial score (nSPS) is 37.3. The van der Waals surface area contributed by atoms with Crippen molar-refractivity contribution < 1.29 is 9.47 Å². The molecule has 2 nitrogen and oxygen atoms in total. The van der Waals surface area contributed by atoms with Gasteiger partial charge in [0.25, 0.3) is 0 Å². The summed E-state index contributed by atoms with van der Waals surface area (Å²) in [6.07, 6.45) is 0. The van der Waals surface area contributed by atoms with Gasteiger partial charge in [-0.05, 0) is 25.0 Å². The highest BCUT2D eigenvalue weighted by molar-refractivity contribution is 8.02. The predicted molar refractivity (Wildman–Crippen MR) is 84.7 cm³/mol. The van der Waals surface area contributed by atoms with Crippen LogP contribution in [-0.4, -0.2) is 46.1 Å². The second-order valence-electron chi connectivity index (χ2n) is 5.87. The number of hydrogen-bond donors (Lipinski definition) is 0. The highest BCUT2D eigenvalue weighted by atomic mass is 32.2. The van der Waals surface area contributed by atoms with Crippen LogP contribution in [0.25, 0.3) is 0 Å². The first-order chi connectivity index (χ1) is 8.39. The van der Waals surface area contributed by atoms with Crippen LogP contribution in [0.1, 0.15) is 27.7 Å². The van der Waals surface area contributed by atoms with E-state index in [1.165, 1.54) is 23.0 Å².